The number of benzene rings is 1. The van der Waals surface area contributed by atoms with E-state index in [0.29, 0.717) is 5.75 Å². The predicted octanol–water partition coefficient (Wildman–Crippen LogP) is 2.79. The number of phenolic OH excluding ortho intramolecular Hbond substituents is 1. The standard InChI is InChI=1S/C14H17NO2S/c1-17-14-5-4-11(9-13(14)16)10-15-7-6-12-3-2-8-18-12/h2-5,8-9,15-16H,6-7,10H2,1H3. The summed E-state index contributed by atoms with van der Waals surface area (Å²) in [6.07, 6.45) is 1.04. The first-order valence-electron chi connectivity index (χ1n) is 5.88. The molecule has 0 spiro atoms. The van der Waals surface area contributed by atoms with Gasteiger partial charge in [0.05, 0.1) is 7.11 Å². The zero-order valence-corrected chi connectivity index (χ0v) is 11.2. The van der Waals surface area contributed by atoms with E-state index >= 15 is 0 Å². The minimum atomic E-state index is 0.190. The summed E-state index contributed by atoms with van der Waals surface area (Å²) in [6.45, 7) is 1.69. The van der Waals surface area contributed by atoms with Crippen LogP contribution in [-0.4, -0.2) is 18.8 Å². The summed E-state index contributed by atoms with van der Waals surface area (Å²) in [4.78, 5) is 1.39. The number of nitrogens with one attached hydrogen (secondary N) is 1. The van der Waals surface area contributed by atoms with Crippen LogP contribution in [0.1, 0.15) is 10.4 Å². The molecule has 2 rings (SSSR count). The molecule has 0 bridgehead atoms. The molecular formula is C14H17NO2S. The largest absolute Gasteiger partial charge is 0.504 e. The fraction of sp³-hybridized carbons (Fsp3) is 0.286. The molecule has 0 unspecified atom stereocenters. The molecule has 1 aromatic carbocycles. The van der Waals surface area contributed by atoms with Crippen molar-refractivity contribution < 1.29 is 9.84 Å². The fourth-order valence-electron chi connectivity index (χ4n) is 1.74. The first-order chi connectivity index (χ1) is 8.79. The molecule has 0 aliphatic carbocycles. The van der Waals surface area contributed by atoms with Gasteiger partial charge in [-0.05, 0) is 35.6 Å². The smallest absolute Gasteiger partial charge is 0.160 e. The summed E-state index contributed by atoms with van der Waals surface area (Å²) in [7, 11) is 1.55. The predicted molar refractivity (Wildman–Crippen MR) is 74.4 cm³/mol. The van der Waals surface area contributed by atoms with Gasteiger partial charge in [0, 0.05) is 18.0 Å². The van der Waals surface area contributed by atoms with Gasteiger partial charge in [-0.15, -0.1) is 11.3 Å². The quantitative estimate of drug-likeness (QED) is 0.787. The second-order valence-electron chi connectivity index (χ2n) is 4.01. The third-order valence-electron chi connectivity index (χ3n) is 2.70. The number of hydrogen-bond donors (Lipinski definition) is 2. The van der Waals surface area contributed by atoms with E-state index in [4.69, 9.17) is 4.74 Å². The number of hydrogen-bond acceptors (Lipinski definition) is 4. The third kappa shape index (κ3) is 3.48. The number of ether oxygens (including phenoxy) is 1. The van der Waals surface area contributed by atoms with Crippen LogP contribution in [0.3, 0.4) is 0 Å². The Morgan fingerprint density at radius 1 is 1.33 bits per heavy atom. The van der Waals surface area contributed by atoms with Gasteiger partial charge in [0.2, 0.25) is 0 Å². The van der Waals surface area contributed by atoms with Crippen LogP contribution in [-0.2, 0) is 13.0 Å². The lowest BCUT2D eigenvalue weighted by molar-refractivity contribution is 0.373. The normalized spacial score (nSPS) is 10.5. The Hall–Kier alpha value is -1.52. The van der Waals surface area contributed by atoms with Crippen molar-refractivity contribution >= 4 is 11.3 Å². The number of thiophene rings is 1. The van der Waals surface area contributed by atoms with Crippen molar-refractivity contribution in [3.63, 3.8) is 0 Å². The Bertz CT molecular complexity index is 483. The van der Waals surface area contributed by atoms with E-state index in [0.717, 1.165) is 25.1 Å². The molecule has 0 saturated carbocycles. The van der Waals surface area contributed by atoms with Gasteiger partial charge >= 0.3 is 0 Å². The topological polar surface area (TPSA) is 41.5 Å². The second-order valence-corrected chi connectivity index (χ2v) is 5.04. The Morgan fingerprint density at radius 3 is 2.89 bits per heavy atom. The number of phenols is 1. The Balaban J connectivity index is 1.78. The molecule has 0 aliphatic rings. The van der Waals surface area contributed by atoms with Gasteiger partial charge in [-0.2, -0.15) is 0 Å². The van der Waals surface area contributed by atoms with Crippen LogP contribution in [0, 0.1) is 0 Å². The van der Waals surface area contributed by atoms with Gasteiger partial charge in [0.15, 0.2) is 11.5 Å². The third-order valence-corrected chi connectivity index (χ3v) is 3.64. The maximum Gasteiger partial charge on any atom is 0.160 e. The number of rotatable bonds is 6. The molecule has 18 heavy (non-hydrogen) atoms. The maximum atomic E-state index is 9.65. The second kappa shape index (κ2) is 6.42. The van der Waals surface area contributed by atoms with E-state index in [-0.39, 0.29) is 5.75 Å². The molecule has 0 radical (unpaired) electrons. The first-order valence-corrected chi connectivity index (χ1v) is 6.76. The van der Waals surface area contributed by atoms with Crippen LogP contribution >= 0.6 is 11.3 Å². The molecule has 0 amide bonds. The average Bonchev–Trinajstić information content (AvgIpc) is 2.88. The molecule has 4 heteroatoms. The average molecular weight is 263 g/mol. The van der Waals surface area contributed by atoms with Gasteiger partial charge in [-0.3, -0.25) is 0 Å². The van der Waals surface area contributed by atoms with Crippen LogP contribution in [0.4, 0.5) is 0 Å². The maximum absolute atomic E-state index is 9.65. The molecule has 0 aliphatic heterocycles. The van der Waals surface area contributed by atoms with Crippen molar-refractivity contribution in [2.45, 2.75) is 13.0 Å². The summed E-state index contributed by atoms with van der Waals surface area (Å²) >= 11 is 1.78. The summed E-state index contributed by atoms with van der Waals surface area (Å²) in [6, 6.07) is 9.69. The van der Waals surface area contributed by atoms with Crippen LogP contribution < -0.4 is 10.1 Å². The van der Waals surface area contributed by atoms with Crippen molar-refractivity contribution in [3.05, 3.63) is 46.2 Å². The van der Waals surface area contributed by atoms with E-state index < -0.39 is 0 Å². The highest BCUT2D eigenvalue weighted by molar-refractivity contribution is 7.09. The highest BCUT2D eigenvalue weighted by atomic mass is 32.1. The van der Waals surface area contributed by atoms with Crippen molar-refractivity contribution in [2.24, 2.45) is 0 Å². The molecular weight excluding hydrogens is 246 g/mol. The Kier molecular flexibility index (Phi) is 4.61. The molecule has 2 aromatic rings. The summed E-state index contributed by atoms with van der Waals surface area (Å²) in [5.41, 5.74) is 1.06. The van der Waals surface area contributed by atoms with E-state index in [1.807, 2.05) is 6.07 Å². The van der Waals surface area contributed by atoms with E-state index in [1.54, 1.807) is 30.6 Å². The highest BCUT2D eigenvalue weighted by Gasteiger charge is 2.02. The fourth-order valence-corrected chi connectivity index (χ4v) is 2.45. The zero-order valence-electron chi connectivity index (χ0n) is 10.3. The van der Waals surface area contributed by atoms with Crippen LogP contribution in [0.2, 0.25) is 0 Å². The molecule has 1 heterocycles. The van der Waals surface area contributed by atoms with E-state index in [9.17, 15) is 5.11 Å². The molecule has 3 nitrogen and oxygen atoms in total. The van der Waals surface area contributed by atoms with Crippen LogP contribution in [0.25, 0.3) is 0 Å². The van der Waals surface area contributed by atoms with Gasteiger partial charge < -0.3 is 15.2 Å². The van der Waals surface area contributed by atoms with Gasteiger partial charge in [-0.25, -0.2) is 0 Å². The Labute approximate surface area is 111 Å². The lowest BCUT2D eigenvalue weighted by Gasteiger charge is -2.07. The van der Waals surface area contributed by atoms with E-state index in [2.05, 4.69) is 22.8 Å². The van der Waals surface area contributed by atoms with Gasteiger partial charge in [0.1, 0.15) is 0 Å². The molecule has 0 atom stereocenters. The summed E-state index contributed by atoms with van der Waals surface area (Å²) in [5, 5.41) is 15.1. The van der Waals surface area contributed by atoms with Crippen molar-refractivity contribution in [1.82, 2.24) is 5.32 Å². The van der Waals surface area contributed by atoms with Crippen LogP contribution in [0.15, 0.2) is 35.7 Å². The lowest BCUT2D eigenvalue weighted by Crippen LogP contribution is -2.16. The lowest BCUT2D eigenvalue weighted by atomic mass is 10.2. The van der Waals surface area contributed by atoms with Crippen molar-refractivity contribution in [2.75, 3.05) is 13.7 Å². The molecule has 0 saturated heterocycles. The number of methoxy groups -OCH3 is 1. The molecule has 96 valence electrons. The Morgan fingerprint density at radius 2 is 2.22 bits per heavy atom. The monoisotopic (exact) mass is 263 g/mol. The molecule has 2 N–H and O–H groups in total. The highest BCUT2D eigenvalue weighted by Crippen LogP contribution is 2.25. The van der Waals surface area contributed by atoms with Crippen molar-refractivity contribution in [1.29, 1.82) is 0 Å². The van der Waals surface area contributed by atoms with Crippen LogP contribution in [0.5, 0.6) is 11.5 Å². The molecule has 0 fully saturated rings. The van der Waals surface area contributed by atoms with Gasteiger partial charge in [0.25, 0.3) is 0 Å². The van der Waals surface area contributed by atoms with Gasteiger partial charge in [-0.1, -0.05) is 12.1 Å². The molecule has 1 aromatic heterocycles. The zero-order chi connectivity index (χ0) is 12.8. The minimum Gasteiger partial charge on any atom is -0.504 e. The summed E-state index contributed by atoms with van der Waals surface area (Å²) < 4.78 is 5.01. The van der Waals surface area contributed by atoms with Crippen molar-refractivity contribution in [3.8, 4) is 11.5 Å². The first kappa shape index (κ1) is 12.9. The minimum absolute atomic E-state index is 0.190. The van der Waals surface area contributed by atoms with E-state index in [1.165, 1.54) is 4.88 Å². The number of aromatic hydroxyl groups is 1. The summed E-state index contributed by atoms with van der Waals surface area (Å²) in [5.74, 6) is 0.701. The SMILES string of the molecule is COc1ccc(CNCCc2cccs2)cc1O.